The molecule has 1 aliphatic heterocycles. The van der Waals surface area contributed by atoms with E-state index in [0.29, 0.717) is 11.6 Å². The average molecular weight is 417 g/mol. The highest BCUT2D eigenvalue weighted by Crippen LogP contribution is 2.26. The molecule has 1 fully saturated rings. The molecule has 2 aromatic carbocycles. The summed E-state index contributed by atoms with van der Waals surface area (Å²) in [5.74, 6) is 0.0832. The van der Waals surface area contributed by atoms with E-state index in [0.717, 1.165) is 23.4 Å². The van der Waals surface area contributed by atoms with Crippen LogP contribution in [0.3, 0.4) is 0 Å². The van der Waals surface area contributed by atoms with E-state index >= 15 is 0 Å². The Bertz CT molecular complexity index is 742. The number of thioether (sulfide) groups is 1. The third-order valence-electron chi connectivity index (χ3n) is 5.10. The summed E-state index contributed by atoms with van der Waals surface area (Å²) in [4.78, 5) is 16.2. The lowest BCUT2D eigenvalue weighted by atomic mass is 10.1. The first-order valence-corrected chi connectivity index (χ1v) is 11.4. The standard InChI is InChI=1S/C23H29ClN2OS/c1-2-22(28-21-12-10-20(24)11-13-21)23(27)25-16-18-6-8-19(9-7-18)17-26-14-4-3-5-15-26/h6-13,22H,2-5,14-17H2,1H3,(H,25,27)/t22-/m1/s1. The predicted octanol–water partition coefficient (Wildman–Crippen LogP) is 5.51. The minimum absolute atomic E-state index is 0.0832. The Hall–Kier alpha value is -1.49. The molecule has 0 saturated carbocycles. The molecule has 0 aromatic heterocycles. The molecule has 0 radical (unpaired) electrons. The Kier molecular flexibility index (Phi) is 8.26. The SMILES string of the molecule is CC[C@@H](Sc1ccc(Cl)cc1)C(=O)NCc1ccc(CN2CCCCC2)cc1. The number of nitrogens with one attached hydrogen (secondary N) is 1. The summed E-state index contributed by atoms with van der Waals surface area (Å²) in [6.45, 7) is 6.06. The van der Waals surface area contributed by atoms with Gasteiger partial charge in [0.2, 0.25) is 5.91 Å². The van der Waals surface area contributed by atoms with E-state index in [9.17, 15) is 4.79 Å². The van der Waals surface area contributed by atoms with Gasteiger partial charge in [-0.3, -0.25) is 9.69 Å². The lowest BCUT2D eigenvalue weighted by Gasteiger charge is -2.26. The molecular weight excluding hydrogens is 388 g/mol. The summed E-state index contributed by atoms with van der Waals surface area (Å²) in [6.07, 6.45) is 4.78. The molecule has 3 rings (SSSR count). The van der Waals surface area contributed by atoms with Crippen molar-refractivity contribution in [3.05, 3.63) is 64.7 Å². The number of piperidine rings is 1. The average Bonchev–Trinajstić information content (AvgIpc) is 2.73. The molecule has 0 bridgehead atoms. The summed E-state index contributed by atoms with van der Waals surface area (Å²) < 4.78 is 0. The molecule has 0 spiro atoms. The van der Waals surface area contributed by atoms with E-state index < -0.39 is 0 Å². The molecule has 1 aliphatic rings. The van der Waals surface area contributed by atoms with Crippen molar-refractivity contribution in [2.75, 3.05) is 13.1 Å². The molecule has 28 heavy (non-hydrogen) atoms. The fourth-order valence-electron chi connectivity index (χ4n) is 3.44. The molecule has 150 valence electrons. The van der Waals surface area contributed by atoms with Crippen LogP contribution in [-0.2, 0) is 17.9 Å². The number of nitrogens with zero attached hydrogens (tertiary/aromatic N) is 1. The zero-order chi connectivity index (χ0) is 19.8. The minimum atomic E-state index is -0.0976. The van der Waals surface area contributed by atoms with E-state index in [1.54, 1.807) is 11.8 Å². The van der Waals surface area contributed by atoms with E-state index in [-0.39, 0.29) is 11.2 Å². The Labute approximate surface area is 177 Å². The van der Waals surface area contributed by atoms with Gasteiger partial charge in [0, 0.05) is 23.0 Å². The fraction of sp³-hybridized carbons (Fsp3) is 0.435. The predicted molar refractivity (Wildman–Crippen MR) is 119 cm³/mol. The van der Waals surface area contributed by atoms with Crippen LogP contribution in [0.15, 0.2) is 53.4 Å². The highest BCUT2D eigenvalue weighted by Gasteiger charge is 2.17. The number of carbonyl (C=O) groups is 1. The summed E-state index contributed by atoms with van der Waals surface area (Å²) in [6, 6.07) is 16.3. The van der Waals surface area contributed by atoms with Crippen LogP contribution in [0.5, 0.6) is 0 Å². The largest absolute Gasteiger partial charge is 0.351 e. The Morgan fingerprint density at radius 3 is 2.32 bits per heavy atom. The van der Waals surface area contributed by atoms with Crippen LogP contribution in [-0.4, -0.2) is 29.1 Å². The number of rotatable bonds is 8. The maximum Gasteiger partial charge on any atom is 0.233 e. The first-order valence-electron chi connectivity index (χ1n) is 10.1. The van der Waals surface area contributed by atoms with Crippen LogP contribution in [0.2, 0.25) is 5.02 Å². The molecular formula is C23H29ClN2OS. The van der Waals surface area contributed by atoms with Crippen LogP contribution in [0, 0.1) is 0 Å². The Morgan fingerprint density at radius 1 is 1.04 bits per heavy atom. The van der Waals surface area contributed by atoms with Crippen LogP contribution >= 0.6 is 23.4 Å². The van der Waals surface area contributed by atoms with Crippen molar-refractivity contribution < 1.29 is 4.79 Å². The van der Waals surface area contributed by atoms with Gasteiger partial charge in [0.15, 0.2) is 0 Å². The second-order valence-corrected chi connectivity index (χ2v) is 9.05. The van der Waals surface area contributed by atoms with Gasteiger partial charge in [-0.25, -0.2) is 0 Å². The lowest BCUT2D eigenvalue weighted by Crippen LogP contribution is -2.31. The van der Waals surface area contributed by atoms with Gasteiger partial charge in [-0.2, -0.15) is 0 Å². The van der Waals surface area contributed by atoms with Crippen LogP contribution < -0.4 is 5.32 Å². The van der Waals surface area contributed by atoms with Gasteiger partial charge in [-0.1, -0.05) is 49.2 Å². The van der Waals surface area contributed by atoms with Crippen molar-refractivity contribution >= 4 is 29.3 Å². The van der Waals surface area contributed by atoms with Gasteiger partial charge in [-0.15, -0.1) is 11.8 Å². The molecule has 1 saturated heterocycles. The zero-order valence-corrected chi connectivity index (χ0v) is 18.1. The summed E-state index contributed by atoms with van der Waals surface area (Å²) in [5.41, 5.74) is 2.49. The number of likely N-dealkylation sites (tertiary alicyclic amines) is 1. The molecule has 5 heteroatoms. The molecule has 1 amide bonds. The van der Waals surface area contributed by atoms with Crippen LogP contribution in [0.1, 0.15) is 43.7 Å². The van der Waals surface area contributed by atoms with Gasteiger partial charge in [0.25, 0.3) is 0 Å². The molecule has 2 aromatic rings. The number of hydrogen-bond donors (Lipinski definition) is 1. The minimum Gasteiger partial charge on any atom is -0.351 e. The van der Waals surface area contributed by atoms with Gasteiger partial charge in [0.1, 0.15) is 0 Å². The van der Waals surface area contributed by atoms with Crippen LogP contribution in [0.4, 0.5) is 0 Å². The molecule has 0 aliphatic carbocycles. The molecule has 1 heterocycles. The first-order chi connectivity index (χ1) is 13.6. The van der Waals surface area contributed by atoms with Gasteiger partial charge < -0.3 is 5.32 Å². The monoisotopic (exact) mass is 416 g/mol. The van der Waals surface area contributed by atoms with Crippen molar-refractivity contribution in [2.24, 2.45) is 0 Å². The normalized spacial score (nSPS) is 15.9. The molecule has 0 unspecified atom stereocenters. The Balaban J connectivity index is 1.47. The Morgan fingerprint density at radius 2 is 1.68 bits per heavy atom. The highest BCUT2D eigenvalue weighted by atomic mass is 35.5. The van der Waals surface area contributed by atoms with Crippen molar-refractivity contribution in [2.45, 2.75) is 55.8 Å². The quantitative estimate of drug-likeness (QED) is 0.575. The number of carbonyl (C=O) groups excluding carboxylic acids is 1. The second kappa shape index (κ2) is 10.9. The number of benzene rings is 2. The molecule has 1 N–H and O–H groups in total. The third-order valence-corrected chi connectivity index (χ3v) is 6.73. The third kappa shape index (κ3) is 6.54. The fourth-order valence-corrected chi connectivity index (χ4v) is 4.55. The van der Waals surface area contributed by atoms with Crippen molar-refractivity contribution in [3.8, 4) is 0 Å². The van der Waals surface area contributed by atoms with E-state index in [4.69, 9.17) is 11.6 Å². The van der Waals surface area contributed by atoms with Crippen molar-refractivity contribution in [3.63, 3.8) is 0 Å². The number of hydrogen-bond acceptors (Lipinski definition) is 3. The van der Waals surface area contributed by atoms with E-state index in [2.05, 4.69) is 34.5 Å². The lowest BCUT2D eigenvalue weighted by molar-refractivity contribution is -0.120. The molecule has 3 nitrogen and oxygen atoms in total. The maximum atomic E-state index is 12.6. The van der Waals surface area contributed by atoms with Crippen LogP contribution in [0.25, 0.3) is 0 Å². The topological polar surface area (TPSA) is 32.3 Å². The van der Waals surface area contributed by atoms with Crippen molar-refractivity contribution in [1.29, 1.82) is 0 Å². The highest BCUT2D eigenvalue weighted by molar-refractivity contribution is 8.00. The zero-order valence-electron chi connectivity index (χ0n) is 16.5. The summed E-state index contributed by atoms with van der Waals surface area (Å²) in [7, 11) is 0. The number of amides is 1. The molecule has 1 atom stereocenters. The van der Waals surface area contributed by atoms with E-state index in [1.165, 1.54) is 37.9 Å². The van der Waals surface area contributed by atoms with Crippen molar-refractivity contribution in [1.82, 2.24) is 10.2 Å². The maximum absolute atomic E-state index is 12.6. The summed E-state index contributed by atoms with van der Waals surface area (Å²) in [5, 5.41) is 3.70. The summed E-state index contributed by atoms with van der Waals surface area (Å²) >= 11 is 7.52. The number of halogens is 1. The second-order valence-electron chi connectivity index (χ2n) is 7.34. The first kappa shape index (κ1) is 21.2. The van der Waals surface area contributed by atoms with Gasteiger partial charge in [-0.05, 0) is 67.7 Å². The smallest absolute Gasteiger partial charge is 0.233 e. The van der Waals surface area contributed by atoms with Gasteiger partial charge >= 0.3 is 0 Å². The van der Waals surface area contributed by atoms with Gasteiger partial charge in [0.05, 0.1) is 5.25 Å². The van der Waals surface area contributed by atoms with E-state index in [1.807, 2.05) is 31.2 Å².